The second-order valence-corrected chi connectivity index (χ2v) is 6.28. The van der Waals surface area contributed by atoms with Gasteiger partial charge in [-0.1, -0.05) is 0 Å². The molecule has 0 aromatic heterocycles. The Kier molecular flexibility index (Phi) is 7.44. The first-order chi connectivity index (χ1) is 10.6. The quantitative estimate of drug-likeness (QED) is 0.520. The first-order valence-corrected chi connectivity index (χ1v) is 7.92. The van der Waals surface area contributed by atoms with Crippen LogP contribution < -0.4 is 0 Å². The number of hydrogen-bond donors (Lipinski definition) is 0. The van der Waals surface area contributed by atoms with E-state index in [1.807, 2.05) is 25.7 Å². The van der Waals surface area contributed by atoms with Crippen LogP contribution in [-0.4, -0.2) is 30.8 Å². The number of rotatable bonds is 7. The van der Waals surface area contributed by atoms with Crippen LogP contribution >= 0.6 is 0 Å². The minimum atomic E-state index is -0.305. The minimum Gasteiger partial charge on any atom is -0.478 e. The van der Waals surface area contributed by atoms with Crippen LogP contribution in [0.3, 0.4) is 0 Å². The van der Waals surface area contributed by atoms with E-state index < -0.39 is 0 Å². The standard InChI is InChI=1S/C19H23NO2.Fe/c1-19(2,22-13-7-10-15-8-3-4-9-15)17-14-21-18(20-17)16-11-5-6-12-16;/h3-6,8-9,11-12,17H,7,10,13-14H2,1-2H3;/q;+2/t17-;/m0./s1. The van der Waals surface area contributed by atoms with Crippen molar-refractivity contribution >= 4 is 5.90 Å². The Labute approximate surface area is 152 Å². The van der Waals surface area contributed by atoms with Crippen LogP contribution in [0.5, 0.6) is 0 Å². The molecule has 0 bridgehead atoms. The Hall–Kier alpha value is -0.0505. The summed E-state index contributed by atoms with van der Waals surface area (Å²) in [6.45, 7) is 5.54. The van der Waals surface area contributed by atoms with E-state index in [1.54, 1.807) is 0 Å². The molecular formula is C19H23FeNO2+2. The predicted molar refractivity (Wildman–Crippen MR) is 87.3 cm³/mol. The summed E-state index contributed by atoms with van der Waals surface area (Å²) in [5.74, 6) is 3.17. The summed E-state index contributed by atoms with van der Waals surface area (Å²) >= 11 is 0. The third-order valence-corrected chi connectivity index (χ3v) is 4.18. The summed E-state index contributed by atoms with van der Waals surface area (Å²) in [6, 6.07) is 0.0522. The van der Waals surface area contributed by atoms with E-state index in [9.17, 15) is 0 Å². The molecule has 0 aromatic carbocycles. The summed E-state index contributed by atoms with van der Waals surface area (Å²) in [7, 11) is 0. The van der Waals surface area contributed by atoms with Gasteiger partial charge in [0.25, 0.3) is 0 Å². The molecule has 122 valence electrons. The molecule has 0 N–H and O–H groups in total. The first-order valence-electron chi connectivity index (χ1n) is 7.92. The molecule has 0 unspecified atom stereocenters. The van der Waals surface area contributed by atoms with Crippen molar-refractivity contribution < 1.29 is 26.5 Å². The van der Waals surface area contributed by atoms with Gasteiger partial charge in [0.15, 0.2) is 5.90 Å². The number of nitrogens with zero attached hydrogens (tertiary/aromatic N) is 1. The zero-order valence-corrected chi connectivity index (χ0v) is 14.7. The van der Waals surface area contributed by atoms with Crippen molar-refractivity contribution in [2.75, 3.05) is 13.2 Å². The minimum absolute atomic E-state index is 0. The van der Waals surface area contributed by atoms with Gasteiger partial charge in [-0.3, -0.25) is 0 Å². The zero-order valence-electron chi connectivity index (χ0n) is 13.6. The van der Waals surface area contributed by atoms with Gasteiger partial charge < -0.3 is 9.47 Å². The van der Waals surface area contributed by atoms with Gasteiger partial charge in [-0.2, -0.15) is 0 Å². The van der Waals surface area contributed by atoms with E-state index in [2.05, 4.69) is 39.5 Å². The van der Waals surface area contributed by atoms with Gasteiger partial charge in [-0.25, -0.2) is 4.99 Å². The fourth-order valence-electron chi connectivity index (χ4n) is 2.69. The smallest absolute Gasteiger partial charge is 0.478 e. The number of aliphatic imine (C=N–C) groups is 1. The fourth-order valence-corrected chi connectivity index (χ4v) is 2.69. The molecule has 1 atom stereocenters. The van der Waals surface area contributed by atoms with Crippen LogP contribution in [0.1, 0.15) is 26.7 Å². The van der Waals surface area contributed by atoms with Gasteiger partial charge in [-0.05, 0) is 84.0 Å². The van der Waals surface area contributed by atoms with E-state index in [0.29, 0.717) is 6.61 Å². The van der Waals surface area contributed by atoms with E-state index in [-0.39, 0.29) is 28.7 Å². The van der Waals surface area contributed by atoms with E-state index >= 15 is 0 Å². The Bertz CT molecular complexity index is 385. The van der Waals surface area contributed by atoms with Crippen LogP contribution in [0, 0.1) is 63.2 Å². The summed E-state index contributed by atoms with van der Waals surface area (Å²) < 4.78 is 11.8. The van der Waals surface area contributed by atoms with Crippen LogP contribution in [-0.2, 0) is 26.5 Å². The molecule has 0 aromatic rings. The third-order valence-electron chi connectivity index (χ3n) is 4.18. The SMILES string of the molecule is CC(C)(OCCC[C]1[CH][CH][CH][CH]1)[C@@H]1COC([C]2[CH][CH][CH][CH]2)=N1.[Fe+2]. The molecule has 0 saturated heterocycles. The second-order valence-electron chi connectivity index (χ2n) is 6.28. The maximum Gasteiger partial charge on any atom is 2.00 e. The summed E-state index contributed by atoms with van der Waals surface area (Å²) in [4.78, 5) is 4.70. The molecule has 3 nitrogen and oxygen atoms in total. The molecule has 2 saturated carbocycles. The third kappa shape index (κ3) is 5.21. The summed E-state index contributed by atoms with van der Waals surface area (Å²) in [6.07, 6.45) is 18.6. The van der Waals surface area contributed by atoms with Gasteiger partial charge in [0.05, 0.1) is 11.5 Å². The molecular weight excluding hydrogens is 330 g/mol. The van der Waals surface area contributed by atoms with E-state index in [4.69, 9.17) is 14.5 Å². The van der Waals surface area contributed by atoms with Crippen LogP contribution in [0.15, 0.2) is 4.99 Å². The molecule has 0 spiro atoms. The van der Waals surface area contributed by atoms with Crippen LogP contribution in [0.2, 0.25) is 0 Å². The van der Waals surface area contributed by atoms with E-state index in [0.717, 1.165) is 31.3 Å². The van der Waals surface area contributed by atoms with Crippen LogP contribution in [0.4, 0.5) is 0 Å². The topological polar surface area (TPSA) is 30.8 Å². The summed E-state index contributed by atoms with van der Waals surface area (Å²) in [5, 5.41) is 0. The normalized spacial score (nSPS) is 26.2. The van der Waals surface area contributed by atoms with Gasteiger partial charge in [0.2, 0.25) is 0 Å². The average molecular weight is 353 g/mol. The fraction of sp³-hybridized carbons (Fsp3) is 0.421. The van der Waals surface area contributed by atoms with Gasteiger partial charge in [0.1, 0.15) is 12.6 Å². The average Bonchev–Trinajstić information content (AvgIpc) is 3.25. The molecule has 1 heterocycles. The second kappa shape index (κ2) is 8.87. The van der Waals surface area contributed by atoms with Crippen molar-refractivity contribution in [2.24, 2.45) is 4.99 Å². The van der Waals surface area contributed by atoms with Crippen molar-refractivity contribution in [1.82, 2.24) is 0 Å². The molecule has 4 heteroatoms. The molecule has 3 aliphatic rings. The van der Waals surface area contributed by atoms with Crippen molar-refractivity contribution in [3.8, 4) is 0 Å². The zero-order chi connectivity index (χ0) is 15.4. The Morgan fingerprint density at radius 3 is 2.48 bits per heavy atom. The molecule has 23 heavy (non-hydrogen) atoms. The monoisotopic (exact) mass is 353 g/mol. The van der Waals surface area contributed by atoms with Crippen LogP contribution in [0.25, 0.3) is 0 Å². The van der Waals surface area contributed by atoms with Crippen molar-refractivity contribution in [3.63, 3.8) is 0 Å². The largest absolute Gasteiger partial charge is 2.00 e. The number of hydrogen-bond acceptors (Lipinski definition) is 3. The predicted octanol–water partition coefficient (Wildman–Crippen LogP) is 3.17. The Balaban J connectivity index is 0.00000192. The molecule has 2 aliphatic carbocycles. The van der Waals surface area contributed by atoms with Gasteiger partial charge in [0, 0.05) is 6.61 Å². The Morgan fingerprint density at radius 2 is 1.78 bits per heavy atom. The maximum absolute atomic E-state index is 6.09. The van der Waals surface area contributed by atoms with E-state index in [1.165, 1.54) is 5.92 Å². The molecule has 2 fully saturated rings. The van der Waals surface area contributed by atoms with Crippen molar-refractivity contribution in [2.45, 2.75) is 38.3 Å². The number of ether oxygens (including phenoxy) is 2. The molecule has 1 aliphatic heterocycles. The molecule has 0 amide bonds. The van der Waals surface area contributed by atoms with Crippen molar-refractivity contribution in [1.29, 1.82) is 0 Å². The molecule has 3 rings (SSSR count). The maximum atomic E-state index is 6.09. The van der Waals surface area contributed by atoms with Gasteiger partial charge in [-0.15, -0.1) is 0 Å². The summed E-state index contributed by atoms with van der Waals surface area (Å²) in [5.41, 5.74) is -0.305. The van der Waals surface area contributed by atoms with Gasteiger partial charge >= 0.3 is 17.1 Å². The first kappa shape index (κ1) is 19.3. The van der Waals surface area contributed by atoms with Crippen molar-refractivity contribution in [3.05, 3.63) is 63.2 Å². The Morgan fingerprint density at radius 1 is 1.13 bits per heavy atom. The molecule has 10 radical (unpaired) electrons.